The predicted octanol–water partition coefficient (Wildman–Crippen LogP) is 4.43. The number of carbonyl (C=O) groups excluding carboxylic acids is 1. The molecule has 0 aliphatic heterocycles. The molecule has 1 heterocycles. The lowest BCUT2D eigenvalue weighted by Gasteiger charge is -2.18. The van der Waals surface area contributed by atoms with Crippen LogP contribution in [0.15, 0.2) is 53.3 Å². The van der Waals surface area contributed by atoms with Gasteiger partial charge in [0.05, 0.1) is 12.8 Å². The van der Waals surface area contributed by atoms with Gasteiger partial charge in [-0.1, -0.05) is 32.9 Å². The summed E-state index contributed by atoms with van der Waals surface area (Å²) in [5.41, 5.74) is 0.137. The van der Waals surface area contributed by atoms with Gasteiger partial charge in [-0.3, -0.25) is 9.59 Å². The van der Waals surface area contributed by atoms with Gasteiger partial charge in [-0.05, 0) is 43.3 Å². The van der Waals surface area contributed by atoms with Crippen LogP contribution < -0.4 is 20.3 Å². The van der Waals surface area contributed by atoms with E-state index in [1.54, 1.807) is 44.4 Å². The predicted molar refractivity (Wildman–Crippen MR) is 116 cm³/mol. The van der Waals surface area contributed by atoms with E-state index in [4.69, 9.17) is 9.47 Å². The molecular weight excluding hydrogens is 382 g/mol. The zero-order chi connectivity index (χ0) is 21.9. The topological polar surface area (TPSA) is 93.3 Å². The fourth-order valence-electron chi connectivity index (χ4n) is 2.84. The van der Waals surface area contributed by atoms with E-state index in [0.29, 0.717) is 34.5 Å². The van der Waals surface area contributed by atoms with Gasteiger partial charge in [0.2, 0.25) is 0 Å². The second-order valence-corrected chi connectivity index (χ2v) is 7.86. The molecule has 0 radical (unpaired) electrons. The van der Waals surface area contributed by atoms with Gasteiger partial charge in [-0.15, -0.1) is 0 Å². The van der Waals surface area contributed by atoms with Crippen molar-refractivity contribution in [3.63, 3.8) is 0 Å². The van der Waals surface area contributed by atoms with Crippen molar-refractivity contribution in [1.82, 2.24) is 9.97 Å². The lowest BCUT2D eigenvalue weighted by atomic mass is 9.95. The standard InChI is InChI=1S/C23H25N3O4/c1-14-19(21(28)26-22(24-14)23(2,3)4)20(27)25-15-10-12-16(13-11-15)30-18-9-7-6-8-17(18)29-5/h6-13H,1-5H3,(H,25,27)(H,24,26,28). The van der Waals surface area contributed by atoms with E-state index in [-0.39, 0.29) is 11.0 Å². The Morgan fingerprint density at radius 2 is 1.67 bits per heavy atom. The summed E-state index contributed by atoms with van der Waals surface area (Å²) in [4.78, 5) is 32.2. The largest absolute Gasteiger partial charge is 0.493 e. The first-order valence-electron chi connectivity index (χ1n) is 9.52. The quantitative estimate of drug-likeness (QED) is 0.653. The number of nitrogens with zero attached hydrogens (tertiary/aromatic N) is 1. The number of aromatic amines is 1. The average molecular weight is 407 g/mol. The molecule has 0 saturated carbocycles. The molecule has 7 nitrogen and oxygen atoms in total. The van der Waals surface area contributed by atoms with E-state index in [0.717, 1.165) is 0 Å². The van der Waals surface area contributed by atoms with Crippen molar-refractivity contribution in [3.8, 4) is 17.2 Å². The number of amides is 1. The van der Waals surface area contributed by atoms with Crippen LogP contribution in [-0.4, -0.2) is 23.0 Å². The zero-order valence-corrected chi connectivity index (χ0v) is 17.7. The molecule has 0 spiro atoms. The van der Waals surface area contributed by atoms with E-state index in [1.165, 1.54) is 0 Å². The number of ether oxygens (including phenoxy) is 2. The monoisotopic (exact) mass is 407 g/mol. The van der Waals surface area contributed by atoms with E-state index >= 15 is 0 Å². The van der Waals surface area contributed by atoms with Gasteiger partial charge in [0.25, 0.3) is 11.5 Å². The van der Waals surface area contributed by atoms with Crippen LogP contribution in [0.2, 0.25) is 0 Å². The van der Waals surface area contributed by atoms with Crippen LogP contribution in [-0.2, 0) is 5.41 Å². The van der Waals surface area contributed by atoms with E-state index in [2.05, 4.69) is 15.3 Å². The van der Waals surface area contributed by atoms with Crippen molar-refractivity contribution in [3.05, 3.63) is 76.0 Å². The van der Waals surface area contributed by atoms with Gasteiger partial charge in [0, 0.05) is 11.1 Å². The normalized spacial score (nSPS) is 11.1. The summed E-state index contributed by atoms with van der Waals surface area (Å²) in [6.45, 7) is 7.49. The third-order valence-corrected chi connectivity index (χ3v) is 4.45. The number of hydrogen-bond donors (Lipinski definition) is 2. The molecule has 0 atom stereocenters. The summed E-state index contributed by atoms with van der Waals surface area (Å²) in [5, 5.41) is 2.73. The van der Waals surface area contributed by atoms with Crippen molar-refractivity contribution in [1.29, 1.82) is 0 Å². The van der Waals surface area contributed by atoms with Crippen LogP contribution in [0.4, 0.5) is 5.69 Å². The van der Waals surface area contributed by atoms with Crippen molar-refractivity contribution in [2.75, 3.05) is 12.4 Å². The average Bonchev–Trinajstić information content (AvgIpc) is 2.68. The van der Waals surface area contributed by atoms with E-state index in [1.807, 2.05) is 39.0 Å². The number of methoxy groups -OCH3 is 1. The fourth-order valence-corrected chi connectivity index (χ4v) is 2.84. The Kier molecular flexibility index (Phi) is 5.91. The van der Waals surface area contributed by atoms with Gasteiger partial charge >= 0.3 is 0 Å². The Bertz CT molecular complexity index is 1110. The minimum Gasteiger partial charge on any atom is -0.493 e. The number of nitrogens with one attached hydrogen (secondary N) is 2. The number of aromatic nitrogens is 2. The molecule has 1 aromatic heterocycles. The van der Waals surface area contributed by atoms with Crippen molar-refractivity contribution in [2.45, 2.75) is 33.1 Å². The summed E-state index contributed by atoms with van der Waals surface area (Å²) in [7, 11) is 1.58. The molecule has 1 amide bonds. The third kappa shape index (κ3) is 4.68. The SMILES string of the molecule is COc1ccccc1Oc1ccc(NC(=O)c2c(C)nc(C(C)(C)C)[nH]c2=O)cc1. The molecule has 7 heteroatoms. The molecule has 3 rings (SSSR count). The first kappa shape index (κ1) is 21.1. The molecule has 0 bridgehead atoms. The number of H-pyrrole nitrogens is 1. The second kappa shape index (κ2) is 8.41. The summed E-state index contributed by atoms with van der Waals surface area (Å²) in [5.74, 6) is 1.82. The van der Waals surface area contributed by atoms with Gasteiger partial charge < -0.3 is 19.8 Å². The number of hydrogen-bond acceptors (Lipinski definition) is 5. The van der Waals surface area contributed by atoms with Gasteiger partial charge in [0.15, 0.2) is 11.5 Å². The Balaban J connectivity index is 1.76. The number of benzene rings is 2. The number of para-hydroxylation sites is 2. The zero-order valence-electron chi connectivity index (χ0n) is 17.7. The molecule has 2 aromatic carbocycles. The maximum atomic E-state index is 12.7. The van der Waals surface area contributed by atoms with Crippen molar-refractivity contribution < 1.29 is 14.3 Å². The van der Waals surface area contributed by atoms with Crippen LogP contribution in [0, 0.1) is 6.92 Å². The maximum Gasteiger partial charge on any atom is 0.264 e. The molecule has 0 saturated heterocycles. The first-order valence-corrected chi connectivity index (χ1v) is 9.52. The van der Waals surface area contributed by atoms with Crippen molar-refractivity contribution >= 4 is 11.6 Å². The Hall–Kier alpha value is -3.61. The van der Waals surface area contributed by atoms with Crippen LogP contribution in [0.1, 0.15) is 42.6 Å². The molecule has 3 aromatic rings. The summed E-state index contributed by atoms with van der Waals surface area (Å²) in [6, 6.07) is 14.2. The number of rotatable bonds is 5. The molecular formula is C23H25N3O4. The Morgan fingerprint density at radius 3 is 2.23 bits per heavy atom. The van der Waals surface area contributed by atoms with Gasteiger partial charge in [-0.25, -0.2) is 4.98 Å². The summed E-state index contributed by atoms with van der Waals surface area (Å²) in [6.07, 6.45) is 0. The molecule has 156 valence electrons. The molecule has 0 aliphatic rings. The summed E-state index contributed by atoms with van der Waals surface area (Å²) < 4.78 is 11.1. The van der Waals surface area contributed by atoms with Crippen LogP contribution >= 0.6 is 0 Å². The maximum absolute atomic E-state index is 12.7. The molecule has 0 fully saturated rings. The highest BCUT2D eigenvalue weighted by atomic mass is 16.5. The minimum atomic E-state index is -0.514. The number of aryl methyl sites for hydroxylation is 1. The summed E-state index contributed by atoms with van der Waals surface area (Å²) >= 11 is 0. The molecule has 30 heavy (non-hydrogen) atoms. The second-order valence-electron chi connectivity index (χ2n) is 7.86. The Labute approximate surface area is 175 Å². The van der Waals surface area contributed by atoms with Crippen LogP contribution in [0.25, 0.3) is 0 Å². The van der Waals surface area contributed by atoms with Crippen molar-refractivity contribution in [2.24, 2.45) is 0 Å². The lowest BCUT2D eigenvalue weighted by molar-refractivity contribution is 0.102. The smallest absolute Gasteiger partial charge is 0.264 e. The first-order chi connectivity index (χ1) is 14.2. The van der Waals surface area contributed by atoms with Gasteiger partial charge in [-0.2, -0.15) is 0 Å². The third-order valence-electron chi connectivity index (χ3n) is 4.45. The van der Waals surface area contributed by atoms with E-state index < -0.39 is 11.5 Å². The highest BCUT2D eigenvalue weighted by molar-refractivity contribution is 6.04. The molecule has 2 N–H and O–H groups in total. The van der Waals surface area contributed by atoms with E-state index in [9.17, 15) is 9.59 Å². The number of anilines is 1. The van der Waals surface area contributed by atoms with Crippen LogP contribution in [0.5, 0.6) is 17.2 Å². The Morgan fingerprint density at radius 1 is 1.03 bits per heavy atom. The molecule has 0 aliphatic carbocycles. The minimum absolute atomic E-state index is 0.00246. The highest BCUT2D eigenvalue weighted by Gasteiger charge is 2.22. The number of carbonyl (C=O) groups is 1. The lowest BCUT2D eigenvalue weighted by Crippen LogP contribution is -2.30. The molecule has 0 unspecified atom stereocenters. The highest BCUT2D eigenvalue weighted by Crippen LogP contribution is 2.31. The van der Waals surface area contributed by atoms with Crippen LogP contribution in [0.3, 0.4) is 0 Å². The van der Waals surface area contributed by atoms with Gasteiger partial charge in [0.1, 0.15) is 17.1 Å². The fraction of sp³-hybridized carbons (Fsp3) is 0.261.